The zero-order valence-corrected chi connectivity index (χ0v) is 16.9. The fraction of sp³-hybridized carbons (Fsp3) is 0.522. The zero-order valence-electron chi connectivity index (χ0n) is 16.9. The molecule has 1 aliphatic heterocycles. The average molecular weight is 339 g/mol. The highest BCUT2D eigenvalue weighted by atomic mass is 15.2. The van der Waals surface area contributed by atoms with Crippen molar-refractivity contribution in [3.05, 3.63) is 53.6 Å². The summed E-state index contributed by atoms with van der Waals surface area (Å²) in [6, 6.07) is 5.36. The van der Waals surface area contributed by atoms with Crippen LogP contribution in [-0.2, 0) is 0 Å². The first-order chi connectivity index (χ1) is 11.8. The number of benzene rings is 1. The summed E-state index contributed by atoms with van der Waals surface area (Å²) in [5, 5.41) is 0. The van der Waals surface area contributed by atoms with Crippen LogP contribution in [0.15, 0.2) is 36.4 Å². The molecule has 2 rings (SSSR count). The van der Waals surface area contributed by atoms with Crippen LogP contribution in [-0.4, -0.2) is 36.8 Å². The fourth-order valence-electron chi connectivity index (χ4n) is 4.10. The van der Waals surface area contributed by atoms with E-state index >= 15 is 0 Å². The van der Waals surface area contributed by atoms with E-state index in [9.17, 15) is 0 Å². The molecule has 1 aromatic rings. The molecule has 0 aliphatic carbocycles. The standard InChI is InChI=1S/C23H34N2/c1-9-10-24-19(7)22-13-21(16(4)11-20(22)15(2)3)17(5)12-23-18(6)14-25(23)8/h9,11,13,17-18,23H,1-2,10,12,14H2,3-8H3. The van der Waals surface area contributed by atoms with Crippen LogP contribution in [0.1, 0.15) is 62.3 Å². The second kappa shape index (κ2) is 8.14. The second-order valence-corrected chi connectivity index (χ2v) is 7.87. The summed E-state index contributed by atoms with van der Waals surface area (Å²) in [6.45, 7) is 21.0. The van der Waals surface area contributed by atoms with Gasteiger partial charge in [0.1, 0.15) is 0 Å². The van der Waals surface area contributed by atoms with Gasteiger partial charge in [0.2, 0.25) is 0 Å². The number of rotatable bonds is 7. The third-order valence-electron chi connectivity index (χ3n) is 5.64. The predicted molar refractivity (Wildman–Crippen MR) is 112 cm³/mol. The SMILES string of the molecule is C=CCN=C(C)c1cc(C(C)CC2C(C)CN2C)c(C)cc1C(=C)C. The summed E-state index contributed by atoms with van der Waals surface area (Å²) >= 11 is 0. The Bertz CT molecular complexity index is 676. The molecule has 1 aromatic carbocycles. The highest BCUT2D eigenvalue weighted by molar-refractivity contribution is 6.03. The topological polar surface area (TPSA) is 15.6 Å². The molecule has 0 spiro atoms. The Morgan fingerprint density at radius 1 is 1.36 bits per heavy atom. The summed E-state index contributed by atoms with van der Waals surface area (Å²) in [4.78, 5) is 7.13. The highest BCUT2D eigenvalue weighted by Gasteiger charge is 2.33. The van der Waals surface area contributed by atoms with Crippen molar-refractivity contribution in [1.29, 1.82) is 0 Å². The molecule has 1 aliphatic rings. The molecule has 25 heavy (non-hydrogen) atoms. The van der Waals surface area contributed by atoms with E-state index in [1.54, 1.807) is 0 Å². The van der Waals surface area contributed by atoms with E-state index < -0.39 is 0 Å². The lowest BCUT2D eigenvalue weighted by Gasteiger charge is -2.45. The number of allylic oxidation sites excluding steroid dienone is 1. The van der Waals surface area contributed by atoms with Crippen LogP contribution in [0.4, 0.5) is 0 Å². The molecule has 2 heteroatoms. The van der Waals surface area contributed by atoms with E-state index in [1.807, 2.05) is 6.08 Å². The summed E-state index contributed by atoms with van der Waals surface area (Å²) < 4.78 is 0. The number of aryl methyl sites for hydroxylation is 1. The fourth-order valence-corrected chi connectivity index (χ4v) is 4.10. The van der Waals surface area contributed by atoms with Crippen LogP contribution in [0.2, 0.25) is 0 Å². The van der Waals surface area contributed by atoms with E-state index in [-0.39, 0.29) is 0 Å². The van der Waals surface area contributed by atoms with Crippen molar-refractivity contribution in [3.8, 4) is 0 Å². The van der Waals surface area contributed by atoms with Crippen molar-refractivity contribution in [2.75, 3.05) is 20.1 Å². The number of likely N-dealkylation sites (tertiary alicyclic amines) is 1. The lowest BCUT2D eigenvalue weighted by molar-refractivity contribution is 0.0429. The average Bonchev–Trinajstić information content (AvgIpc) is 2.57. The van der Waals surface area contributed by atoms with Crippen LogP contribution in [0, 0.1) is 12.8 Å². The third-order valence-corrected chi connectivity index (χ3v) is 5.64. The Kier molecular flexibility index (Phi) is 6.40. The lowest BCUT2D eigenvalue weighted by atomic mass is 9.80. The Morgan fingerprint density at radius 2 is 2.04 bits per heavy atom. The van der Waals surface area contributed by atoms with Gasteiger partial charge in [-0.3, -0.25) is 4.99 Å². The molecule has 0 amide bonds. The first-order valence-electron chi connectivity index (χ1n) is 9.39. The van der Waals surface area contributed by atoms with Crippen LogP contribution < -0.4 is 0 Å². The molecule has 0 bridgehead atoms. The maximum absolute atomic E-state index is 4.65. The normalized spacial score (nSPS) is 22.4. The van der Waals surface area contributed by atoms with E-state index in [4.69, 9.17) is 0 Å². The van der Waals surface area contributed by atoms with Crippen molar-refractivity contribution < 1.29 is 0 Å². The molecule has 1 fully saturated rings. The van der Waals surface area contributed by atoms with E-state index in [1.165, 1.54) is 35.2 Å². The molecule has 3 atom stereocenters. The third kappa shape index (κ3) is 4.30. The van der Waals surface area contributed by atoms with Gasteiger partial charge >= 0.3 is 0 Å². The van der Waals surface area contributed by atoms with Crippen molar-refractivity contribution in [1.82, 2.24) is 4.90 Å². The van der Waals surface area contributed by atoms with Crippen LogP contribution in [0.3, 0.4) is 0 Å². The Labute approximate surface area is 154 Å². The molecule has 3 unspecified atom stereocenters. The summed E-state index contributed by atoms with van der Waals surface area (Å²) in [5.74, 6) is 1.35. The number of hydrogen-bond acceptors (Lipinski definition) is 2. The monoisotopic (exact) mass is 338 g/mol. The van der Waals surface area contributed by atoms with E-state index in [2.05, 4.69) is 76.8 Å². The maximum atomic E-state index is 4.65. The molecule has 0 N–H and O–H groups in total. The Balaban J connectivity index is 2.38. The molecule has 136 valence electrons. The van der Waals surface area contributed by atoms with Crippen LogP contribution in [0.25, 0.3) is 5.57 Å². The van der Waals surface area contributed by atoms with Gasteiger partial charge in [0.15, 0.2) is 0 Å². The van der Waals surface area contributed by atoms with Gasteiger partial charge in [-0.2, -0.15) is 0 Å². The quantitative estimate of drug-likeness (QED) is 0.475. The first-order valence-corrected chi connectivity index (χ1v) is 9.39. The largest absolute Gasteiger partial charge is 0.303 e. The molecule has 0 radical (unpaired) electrons. The van der Waals surface area contributed by atoms with Gasteiger partial charge < -0.3 is 4.90 Å². The molecule has 2 nitrogen and oxygen atoms in total. The maximum Gasteiger partial charge on any atom is 0.0571 e. The molecular formula is C23H34N2. The molecule has 0 saturated carbocycles. The van der Waals surface area contributed by atoms with Gasteiger partial charge in [-0.25, -0.2) is 0 Å². The summed E-state index contributed by atoms with van der Waals surface area (Å²) in [7, 11) is 2.24. The van der Waals surface area contributed by atoms with E-state index in [0.717, 1.165) is 17.2 Å². The lowest BCUT2D eigenvalue weighted by Crippen LogP contribution is -2.52. The first kappa shape index (κ1) is 19.7. The van der Waals surface area contributed by atoms with Gasteiger partial charge in [0, 0.05) is 23.9 Å². The molecular weight excluding hydrogens is 304 g/mol. The van der Waals surface area contributed by atoms with Crippen molar-refractivity contribution >= 4 is 11.3 Å². The number of hydrogen-bond donors (Lipinski definition) is 0. The van der Waals surface area contributed by atoms with Crippen LogP contribution in [0.5, 0.6) is 0 Å². The van der Waals surface area contributed by atoms with Gasteiger partial charge in [0.05, 0.1) is 6.54 Å². The van der Waals surface area contributed by atoms with Crippen LogP contribution >= 0.6 is 0 Å². The smallest absolute Gasteiger partial charge is 0.0571 e. The number of nitrogens with zero attached hydrogens (tertiary/aromatic N) is 2. The summed E-state index contributed by atoms with van der Waals surface area (Å²) in [5.41, 5.74) is 7.41. The Hall–Kier alpha value is -1.67. The minimum Gasteiger partial charge on any atom is -0.303 e. The Morgan fingerprint density at radius 3 is 2.56 bits per heavy atom. The minimum absolute atomic E-state index is 0.542. The minimum atomic E-state index is 0.542. The van der Waals surface area contributed by atoms with Crippen molar-refractivity contribution in [3.63, 3.8) is 0 Å². The second-order valence-electron chi connectivity index (χ2n) is 7.87. The highest BCUT2D eigenvalue weighted by Crippen LogP contribution is 2.35. The van der Waals surface area contributed by atoms with Gasteiger partial charge in [-0.1, -0.05) is 38.1 Å². The zero-order chi connectivity index (χ0) is 18.7. The van der Waals surface area contributed by atoms with E-state index in [0.29, 0.717) is 18.5 Å². The van der Waals surface area contributed by atoms with Crippen molar-refractivity contribution in [2.45, 2.75) is 53.0 Å². The van der Waals surface area contributed by atoms with Crippen molar-refractivity contribution in [2.24, 2.45) is 10.9 Å². The van der Waals surface area contributed by atoms with Gasteiger partial charge in [-0.05, 0) is 68.8 Å². The molecule has 1 heterocycles. The number of aliphatic imine (C=N–C) groups is 1. The predicted octanol–water partition coefficient (Wildman–Crippen LogP) is 5.47. The summed E-state index contributed by atoms with van der Waals surface area (Å²) in [6.07, 6.45) is 3.06. The molecule has 1 saturated heterocycles. The molecule has 0 aromatic heterocycles. The van der Waals surface area contributed by atoms with Gasteiger partial charge in [0.25, 0.3) is 0 Å². The van der Waals surface area contributed by atoms with Gasteiger partial charge in [-0.15, -0.1) is 6.58 Å².